The van der Waals surface area contributed by atoms with Crippen molar-refractivity contribution in [3.63, 3.8) is 0 Å². The van der Waals surface area contributed by atoms with Crippen LogP contribution in [0.2, 0.25) is 0 Å². The molecule has 0 aromatic carbocycles. The molecular weight excluding hydrogens is 262 g/mol. The Morgan fingerprint density at radius 1 is 0.950 bits per heavy atom. The number of nitrogens with zero attached hydrogens (tertiary/aromatic N) is 1. The highest BCUT2D eigenvalue weighted by molar-refractivity contribution is 7.99. The fourth-order valence-electron chi connectivity index (χ4n) is 3.55. The molecule has 120 valence electrons. The fourth-order valence-corrected chi connectivity index (χ4v) is 4.69. The zero-order valence-electron chi connectivity index (χ0n) is 14.5. The molecule has 1 atom stereocenters. The molecule has 0 aromatic rings. The molecular formula is C18H37NS. The quantitative estimate of drug-likeness (QED) is 0.695. The van der Waals surface area contributed by atoms with Crippen LogP contribution in [-0.2, 0) is 0 Å². The molecule has 0 radical (unpaired) electrons. The van der Waals surface area contributed by atoms with Crippen LogP contribution < -0.4 is 0 Å². The zero-order chi connectivity index (χ0) is 15.0. The topological polar surface area (TPSA) is 3.24 Å². The molecule has 2 heteroatoms. The van der Waals surface area contributed by atoms with Gasteiger partial charge in [0.15, 0.2) is 0 Å². The predicted molar refractivity (Wildman–Crippen MR) is 94.6 cm³/mol. The minimum absolute atomic E-state index is 0.843. The summed E-state index contributed by atoms with van der Waals surface area (Å²) in [5.41, 5.74) is 0. The lowest BCUT2D eigenvalue weighted by atomic mass is 9.91. The van der Waals surface area contributed by atoms with Crippen molar-refractivity contribution in [1.82, 2.24) is 4.90 Å². The summed E-state index contributed by atoms with van der Waals surface area (Å²) in [7, 11) is 0. The summed E-state index contributed by atoms with van der Waals surface area (Å²) in [6.45, 7) is 14.2. The largest absolute Gasteiger partial charge is 0.300 e. The first-order valence-electron chi connectivity index (χ1n) is 8.88. The van der Waals surface area contributed by atoms with Crippen molar-refractivity contribution in [2.75, 3.05) is 24.6 Å². The second kappa shape index (κ2) is 10.1. The van der Waals surface area contributed by atoms with E-state index in [1.54, 1.807) is 0 Å². The average Bonchev–Trinajstić information content (AvgIpc) is 2.48. The van der Waals surface area contributed by atoms with E-state index >= 15 is 0 Å². The Bertz CT molecular complexity index is 234. The summed E-state index contributed by atoms with van der Waals surface area (Å²) >= 11 is 2.12. The van der Waals surface area contributed by atoms with Crippen LogP contribution >= 0.6 is 11.8 Å². The lowest BCUT2D eigenvalue weighted by Crippen LogP contribution is -2.42. The van der Waals surface area contributed by atoms with E-state index in [0.717, 1.165) is 23.8 Å². The van der Waals surface area contributed by atoms with Crippen LogP contribution in [0.3, 0.4) is 0 Å². The van der Waals surface area contributed by atoms with Crippen molar-refractivity contribution >= 4 is 11.8 Å². The van der Waals surface area contributed by atoms with Gasteiger partial charge in [0.1, 0.15) is 0 Å². The van der Waals surface area contributed by atoms with Gasteiger partial charge in [-0.2, -0.15) is 11.8 Å². The Labute approximate surface area is 132 Å². The minimum Gasteiger partial charge on any atom is -0.300 e. The van der Waals surface area contributed by atoms with Crippen LogP contribution in [0, 0.1) is 17.8 Å². The SMILES string of the molecule is CC(C)C1CCSCC1.CCN1CCCCC1C(C)C. The van der Waals surface area contributed by atoms with Crippen molar-refractivity contribution in [1.29, 1.82) is 0 Å². The minimum atomic E-state index is 0.843. The van der Waals surface area contributed by atoms with E-state index in [4.69, 9.17) is 0 Å². The molecule has 0 spiro atoms. The van der Waals surface area contributed by atoms with Gasteiger partial charge in [0.25, 0.3) is 0 Å². The molecule has 2 saturated heterocycles. The van der Waals surface area contributed by atoms with Gasteiger partial charge >= 0.3 is 0 Å². The van der Waals surface area contributed by atoms with Gasteiger partial charge in [-0.15, -0.1) is 0 Å². The van der Waals surface area contributed by atoms with Crippen molar-refractivity contribution in [2.24, 2.45) is 17.8 Å². The number of rotatable bonds is 3. The molecule has 20 heavy (non-hydrogen) atoms. The van der Waals surface area contributed by atoms with E-state index in [1.165, 1.54) is 56.7 Å². The fraction of sp³-hybridized carbons (Fsp3) is 1.00. The monoisotopic (exact) mass is 299 g/mol. The Hall–Kier alpha value is 0.310. The second-order valence-electron chi connectivity index (χ2n) is 7.13. The van der Waals surface area contributed by atoms with Gasteiger partial charge in [-0.25, -0.2) is 0 Å². The third kappa shape index (κ3) is 6.39. The molecule has 0 saturated carbocycles. The molecule has 2 aliphatic heterocycles. The zero-order valence-corrected chi connectivity index (χ0v) is 15.3. The van der Waals surface area contributed by atoms with Crippen LogP contribution in [-0.4, -0.2) is 35.5 Å². The number of hydrogen-bond donors (Lipinski definition) is 0. The lowest BCUT2D eigenvalue weighted by Gasteiger charge is -2.37. The molecule has 1 nitrogen and oxygen atoms in total. The van der Waals surface area contributed by atoms with E-state index < -0.39 is 0 Å². The van der Waals surface area contributed by atoms with E-state index in [-0.39, 0.29) is 0 Å². The average molecular weight is 300 g/mol. The predicted octanol–water partition coefficient (Wildman–Crippen LogP) is 5.30. The third-order valence-corrected chi connectivity index (χ3v) is 6.10. The molecule has 2 heterocycles. The number of likely N-dealkylation sites (tertiary alicyclic amines) is 1. The van der Waals surface area contributed by atoms with Gasteiger partial charge in [-0.3, -0.25) is 0 Å². The maximum absolute atomic E-state index is 2.63. The Kier molecular flexibility index (Phi) is 9.28. The van der Waals surface area contributed by atoms with Crippen LogP contribution in [0.1, 0.15) is 66.7 Å². The summed E-state index contributed by atoms with van der Waals surface area (Å²) in [6, 6.07) is 0.869. The molecule has 0 aliphatic carbocycles. The first-order valence-corrected chi connectivity index (χ1v) is 10.0. The van der Waals surface area contributed by atoms with E-state index in [2.05, 4.69) is 51.3 Å². The summed E-state index contributed by atoms with van der Waals surface area (Å²) in [5, 5.41) is 0. The van der Waals surface area contributed by atoms with Gasteiger partial charge in [-0.05, 0) is 68.0 Å². The van der Waals surface area contributed by atoms with Crippen LogP contribution in [0.25, 0.3) is 0 Å². The normalized spacial score (nSPS) is 25.6. The van der Waals surface area contributed by atoms with Crippen molar-refractivity contribution in [3.05, 3.63) is 0 Å². The van der Waals surface area contributed by atoms with Gasteiger partial charge in [-0.1, -0.05) is 41.0 Å². The van der Waals surface area contributed by atoms with Gasteiger partial charge < -0.3 is 4.90 Å². The maximum Gasteiger partial charge on any atom is 0.0118 e. The first-order chi connectivity index (χ1) is 9.56. The van der Waals surface area contributed by atoms with Gasteiger partial charge in [0.05, 0.1) is 0 Å². The summed E-state index contributed by atoms with van der Waals surface area (Å²) < 4.78 is 0. The first kappa shape index (κ1) is 18.4. The highest BCUT2D eigenvalue weighted by atomic mass is 32.2. The Morgan fingerprint density at radius 3 is 2.00 bits per heavy atom. The molecule has 2 rings (SSSR count). The molecule has 0 bridgehead atoms. The van der Waals surface area contributed by atoms with E-state index in [0.29, 0.717) is 0 Å². The van der Waals surface area contributed by atoms with Crippen molar-refractivity contribution in [2.45, 2.75) is 72.8 Å². The smallest absolute Gasteiger partial charge is 0.0118 e. The van der Waals surface area contributed by atoms with Crippen molar-refractivity contribution < 1.29 is 0 Å². The molecule has 2 fully saturated rings. The number of piperidine rings is 1. The van der Waals surface area contributed by atoms with Crippen LogP contribution in [0.4, 0.5) is 0 Å². The Balaban J connectivity index is 0.000000204. The summed E-state index contributed by atoms with van der Waals surface area (Å²) in [6.07, 6.45) is 7.20. The van der Waals surface area contributed by atoms with E-state index in [9.17, 15) is 0 Å². The number of thioether (sulfide) groups is 1. The molecule has 0 aromatic heterocycles. The summed E-state index contributed by atoms with van der Waals surface area (Å²) in [5.74, 6) is 5.61. The molecule has 0 amide bonds. The van der Waals surface area contributed by atoms with E-state index in [1.807, 2.05) is 0 Å². The third-order valence-electron chi connectivity index (χ3n) is 5.05. The molecule has 0 N–H and O–H groups in total. The molecule has 1 unspecified atom stereocenters. The summed E-state index contributed by atoms with van der Waals surface area (Å²) in [4.78, 5) is 2.63. The number of hydrogen-bond acceptors (Lipinski definition) is 2. The van der Waals surface area contributed by atoms with Gasteiger partial charge in [0, 0.05) is 6.04 Å². The van der Waals surface area contributed by atoms with Crippen molar-refractivity contribution in [3.8, 4) is 0 Å². The molecule has 2 aliphatic rings. The Morgan fingerprint density at radius 2 is 1.60 bits per heavy atom. The highest BCUT2D eigenvalue weighted by Gasteiger charge is 2.22. The highest BCUT2D eigenvalue weighted by Crippen LogP contribution is 2.28. The van der Waals surface area contributed by atoms with Gasteiger partial charge in [0.2, 0.25) is 0 Å². The van der Waals surface area contributed by atoms with Crippen LogP contribution in [0.5, 0.6) is 0 Å². The maximum atomic E-state index is 2.63. The second-order valence-corrected chi connectivity index (χ2v) is 8.35. The lowest BCUT2D eigenvalue weighted by molar-refractivity contribution is 0.119. The standard InChI is InChI=1S/C10H21N.C8H16S/c1-4-11-8-6-5-7-10(11)9(2)3;1-7(2)8-3-5-9-6-4-8/h9-10H,4-8H2,1-3H3;7-8H,3-6H2,1-2H3. The van der Waals surface area contributed by atoms with Crippen LogP contribution in [0.15, 0.2) is 0 Å².